The molecule has 0 radical (unpaired) electrons. The molecule has 0 bridgehead atoms. The first-order valence-electron chi connectivity index (χ1n) is 8.31. The van der Waals surface area contributed by atoms with Crippen LogP contribution in [0.1, 0.15) is 17.3 Å². The van der Waals surface area contributed by atoms with E-state index in [1.165, 1.54) is 18.2 Å². The highest BCUT2D eigenvalue weighted by molar-refractivity contribution is 6.32. The molecule has 0 aliphatic carbocycles. The molecule has 1 heterocycles. The molecule has 3 rings (SSSR count). The molecule has 2 aromatic carbocycles. The molecule has 0 saturated carbocycles. The largest absolute Gasteiger partial charge is 0.480 e. The van der Waals surface area contributed by atoms with Gasteiger partial charge in [-0.3, -0.25) is 0 Å². The van der Waals surface area contributed by atoms with Gasteiger partial charge in [0.05, 0.1) is 11.6 Å². The van der Waals surface area contributed by atoms with Crippen LogP contribution >= 0.6 is 11.6 Å². The van der Waals surface area contributed by atoms with Crippen LogP contribution in [0.4, 0.5) is 0 Å². The zero-order valence-electron chi connectivity index (χ0n) is 14.8. The minimum atomic E-state index is -0.837. The van der Waals surface area contributed by atoms with Gasteiger partial charge in [-0.15, -0.1) is 0 Å². The summed E-state index contributed by atoms with van der Waals surface area (Å²) in [6.45, 7) is 1.42. The fraction of sp³-hybridized carbons (Fsp3) is 0.150. The van der Waals surface area contributed by atoms with Crippen LogP contribution in [0.5, 0.6) is 11.5 Å². The van der Waals surface area contributed by atoms with Gasteiger partial charge in [-0.05, 0) is 37.3 Å². The zero-order valence-corrected chi connectivity index (χ0v) is 15.5. The highest BCUT2D eigenvalue weighted by Gasteiger charge is 2.15. The Morgan fingerprint density at radius 3 is 2.64 bits per heavy atom. The summed E-state index contributed by atoms with van der Waals surface area (Å²) in [6, 6.07) is 12.5. The Labute approximate surface area is 164 Å². The van der Waals surface area contributed by atoms with Crippen LogP contribution in [0.25, 0.3) is 11.0 Å². The van der Waals surface area contributed by atoms with Crippen LogP contribution in [0, 0.1) is 0 Å². The molecule has 144 valence electrons. The van der Waals surface area contributed by atoms with Gasteiger partial charge in [0.25, 0.3) is 0 Å². The molecule has 0 aliphatic heterocycles. The van der Waals surface area contributed by atoms with Gasteiger partial charge in [0.1, 0.15) is 22.6 Å². The fourth-order valence-electron chi connectivity index (χ4n) is 2.37. The molecule has 0 atom stereocenters. The number of hydrogen-bond acceptors (Lipinski definition) is 7. The molecule has 0 aliphatic rings. The van der Waals surface area contributed by atoms with Gasteiger partial charge in [-0.1, -0.05) is 23.7 Å². The number of ether oxygens (including phenoxy) is 3. The van der Waals surface area contributed by atoms with Crippen molar-refractivity contribution in [3.63, 3.8) is 0 Å². The Kier molecular flexibility index (Phi) is 5.96. The Morgan fingerprint density at radius 1 is 1.11 bits per heavy atom. The normalized spacial score (nSPS) is 10.5. The summed E-state index contributed by atoms with van der Waals surface area (Å²) in [7, 11) is 0. The van der Waals surface area contributed by atoms with Gasteiger partial charge in [0.2, 0.25) is 0 Å². The van der Waals surface area contributed by atoms with Gasteiger partial charge in [-0.2, -0.15) is 0 Å². The number of para-hydroxylation sites is 1. The number of carbonyl (C=O) groups is 2. The summed E-state index contributed by atoms with van der Waals surface area (Å²) in [5.74, 6) is -0.903. The summed E-state index contributed by atoms with van der Waals surface area (Å²) in [6.07, 6.45) is 0. The van der Waals surface area contributed by atoms with E-state index in [0.29, 0.717) is 16.2 Å². The molecule has 0 unspecified atom stereocenters. The third-order valence-electron chi connectivity index (χ3n) is 3.62. The second kappa shape index (κ2) is 8.58. The van der Waals surface area contributed by atoms with Crippen LogP contribution in [0.15, 0.2) is 57.7 Å². The molecule has 0 fully saturated rings. The number of halogens is 1. The SMILES string of the molecule is CCOC(=O)c1cc2ccc(OC(=O)COc3ccccc3Cl)cc2oc1=O. The van der Waals surface area contributed by atoms with Crippen molar-refractivity contribution in [2.45, 2.75) is 6.92 Å². The summed E-state index contributed by atoms with van der Waals surface area (Å²) < 4.78 is 20.4. The third-order valence-corrected chi connectivity index (χ3v) is 3.93. The highest BCUT2D eigenvalue weighted by Crippen LogP contribution is 2.24. The third kappa shape index (κ3) is 4.50. The number of fused-ring (bicyclic) bond motifs is 1. The molecule has 8 heteroatoms. The molecule has 0 amide bonds. The van der Waals surface area contributed by atoms with E-state index in [1.54, 1.807) is 37.3 Å². The molecule has 28 heavy (non-hydrogen) atoms. The number of esters is 2. The predicted octanol–water partition coefficient (Wildman–Crippen LogP) is 3.61. The van der Waals surface area contributed by atoms with Crippen molar-refractivity contribution in [2.75, 3.05) is 13.2 Å². The number of rotatable bonds is 6. The monoisotopic (exact) mass is 402 g/mol. The van der Waals surface area contributed by atoms with Gasteiger partial charge in [0, 0.05) is 11.5 Å². The van der Waals surface area contributed by atoms with Crippen molar-refractivity contribution in [2.24, 2.45) is 0 Å². The summed E-state index contributed by atoms with van der Waals surface area (Å²) >= 11 is 5.95. The molecule has 1 aromatic heterocycles. The minimum Gasteiger partial charge on any atom is -0.480 e. The van der Waals surface area contributed by atoms with Crippen molar-refractivity contribution in [3.05, 3.63) is 69.5 Å². The van der Waals surface area contributed by atoms with Crippen molar-refractivity contribution >= 4 is 34.5 Å². The van der Waals surface area contributed by atoms with Crippen LogP contribution in [-0.2, 0) is 9.53 Å². The number of hydrogen-bond donors (Lipinski definition) is 0. The fourth-order valence-corrected chi connectivity index (χ4v) is 2.56. The second-order valence-electron chi connectivity index (χ2n) is 5.56. The zero-order chi connectivity index (χ0) is 20.1. The first-order valence-corrected chi connectivity index (χ1v) is 8.68. The van der Waals surface area contributed by atoms with Crippen molar-refractivity contribution in [1.29, 1.82) is 0 Å². The Hall–Kier alpha value is -3.32. The van der Waals surface area contributed by atoms with Crippen LogP contribution in [0.2, 0.25) is 5.02 Å². The average Bonchev–Trinajstić information content (AvgIpc) is 2.67. The number of benzene rings is 2. The molecular formula is C20H15ClO7. The maximum atomic E-state index is 12.0. The van der Waals surface area contributed by atoms with E-state index in [-0.39, 0.29) is 30.1 Å². The molecule has 3 aromatic rings. The maximum absolute atomic E-state index is 12.0. The summed E-state index contributed by atoms with van der Waals surface area (Å²) in [5.41, 5.74) is -0.876. The molecule has 7 nitrogen and oxygen atoms in total. The Morgan fingerprint density at radius 2 is 1.89 bits per heavy atom. The van der Waals surface area contributed by atoms with Crippen molar-refractivity contribution in [1.82, 2.24) is 0 Å². The predicted molar refractivity (Wildman–Crippen MR) is 101 cm³/mol. The van der Waals surface area contributed by atoms with E-state index in [0.717, 1.165) is 0 Å². The number of carbonyl (C=O) groups excluding carboxylic acids is 2. The van der Waals surface area contributed by atoms with Gasteiger partial charge in [0.15, 0.2) is 6.61 Å². The van der Waals surface area contributed by atoms with Gasteiger partial charge < -0.3 is 18.6 Å². The van der Waals surface area contributed by atoms with Gasteiger partial charge >= 0.3 is 17.6 Å². The van der Waals surface area contributed by atoms with Crippen molar-refractivity contribution < 1.29 is 28.2 Å². The van der Waals surface area contributed by atoms with E-state index >= 15 is 0 Å². The summed E-state index contributed by atoms with van der Waals surface area (Å²) in [5, 5.41) is 0.856. The summed E-state index contributed by atoms with van der Waals surface area (Å²) in [4.78, 5) is 35.7. The lowest BCUT2D eigenvalue weighted by Gasteiger charge is -2.08. The molecule has 0 N–H and O–H groups in total. The Balaban J connectivity index is 1.72. The lowest BCUT2D eigenvalue weighted by Crippen LogP contribution is -2.18. The van der Waals surface area contributed by atoms with E-state index < -0.39 is 17.6 Å². The average molecular weight is 403 g/mol. The van der Waals surface area contributed by atoms with E-state index in [4.69, 9.17) is 30.2 Å². The van der Waals surface area contributed by atoms with Crippen LogP contribution in [0.3, 0.4) is 0 Å². The Bertz CT molecular complexity index is 1090. The van der Waals surface area contributed by atoms with Gasteiger partial charge in [-0.25, -0.2) is 14.4 Å². The topological polar surface area (TPSA) is 92.0 Å². The lowest BCUT2D eigenvalue weighted by molar-refractivity contribution is -0.136. The quantitative estimate of drug-likeness (QED) is 0.353. The molecular weight excluding hydrogens is 388 g/mol. The maximum Gasteiger partial charge on any atom is 0.351 e. The second-order valence-corrected chi connectivity index (χ2v) is 5.97. The van der Waals surface area contributed by atoms with E-state index in [2.05, 4.69) is 0 Å². The van der Waals surface area contributed by atoms with Crippen LogP contribution < -0.4 is 15.1 Å². The first kappa shape index (κ1) is 19.4. The smallest absolute Gasteiger partial charge is 0.351 e. The van der Waals surface area contributed by atoms with E-state index in [9.17, 15) is 14.4 Å². The molecule has 0 saturated heterocycles. The molecule has 0 spiro atoms. The lowest BCUT2D eigenvalue weighted by atomic mass is 10.2. The minimum absolute atomic E-state index is 0.140. The van der Waals surface area contributed by atoms with Crippen molar-refractivity contribution in [3.8, 4) is 11.5 Å². The van der Waals surface area contributed by atoms with E-state index in [1.807, 2.05) is 0 Å². The first-order chi connectivity index (χ1) is 13.5. The standard InChI is InChI=1S/C20H15ClO7/c1-2-25-19(23)14-9-12-7-8-13(10-17(12)28-20(14)24)27-18(22)11-26-16-6-4-3-5-15(16)21/h3-10H,2,11H2,1H3. The highest BCUT2D eigenvalue weighted by atomic mass is 35.5. The van der Waals surface area contributed by atoms with Crippen LogP contribution in [-0.4, -0.2) is 25.2 Å².